The molecule has 1 saturated heterocycles. The molecule has 1 fully saturated rings. The summed E-state index contributed by atoms with van der Waals surface area (Å²) in [4.78, 5) is 10.7. The van der Waals surface area contributed by atoms with Gasteiger partial charge in [-0.25, -0.2) is 4.79 Å². The molecular formula is C17H32O10. The second-order valence-electron chi connectivity index (χ2n) is 6.78. The first-order valence-corrected chi connectivity index (χ1v) is 8.44. The van der Waals surface area contributed by atoms with Crippen LogP contribution in [0.5, 0.6) is 0 Å². The monoisotopic (exact) mass is 396 g/mol. The molecular weight excluding hydrogens is 364 g/mol. The summed E-state index contributed by atoms with van der Waals surface area (Å²) in [5.74, 6) is -0.337. The van der Waals surface area contributed by atoms with Gasteiger partial charge >= 0.3 is 5.97 Å². The number of aliphatic hydroxyl groups excluding tert-OH is 6. The van der Waals surface area contributed by atoms with Gasteiger partial charge in [0.25, 0.3) is 0 Å². The predicted molar refractivity (Wildman–Crippen MR) is 93.7 cm³/mol. The number of hydrogen-bond acceptors (Lipinski definition) is 10. The third kappa shape index (κ3) is 9.58. The number of ether oxygens (including phenoxy) is 3. The smallest absolute Gasteiger partial charge is 0.333 e. The van der Waals surface area contributed by atoms with Gasteiger partial charge in [0.15, 0.2) is 0 Å². The standard InChI is InChI=1S/C10H22O7.C7H10O3/c11-1-9(2-12,3-13)7-17-8-10(4-14,5-15)6-16;1-5(2)7(8)10-4-6-3-9-6/h11-16H,1-8H2;6H,1,3-4H2,2H3. The van der Waals surface area contributed by atoms with Gasteiger partial charge in [0, 0.05) is 5.57 Å². The SMILES string of the molecule is C=C(C)C(=O)OCC1CO1.OCC(CO)(CO)COCC(CO)(CO)CO. The Kier molecular flexibility index (Phi) is 12.6. The molecule has 0 amide bonds. The average Bonchev–Trinajstić information content (AvgIpc) is 3.52. The van der Waals surface area contributed by atoms with Crippen LogP contribution in [0.2, 0.25) is 0 Å². The lowest BCUT2D eigenvalue weighted by Gasteiger charge is -2.31. The highest BCUT2D eigenvalue weighted by Gasteiger charge is 2.32. The minimum atomic E-state index is -1.16. The Morgan fingerprint density at radius 2 is 1.33 bits per heavy atom. The van der Waals surface area contributed by atoms with E-state index in [9.17, 15) is 4.79 Å². The van der Waals surface area contributed by atoms with Gasteiger partial charge in [0.2, 0.25) is 0 Å². The summed E-state index contributed by atoms with van der Waals surface area (Å²) < 4.78 is 14.7. The lowest BCUT2D eigenvalue weighted by Crippen LogP contribution is -2.43. The number of epoxide rings is 1. The normalized spacial score (nSPS) is 16.3. The third-order valence-corrected chi connectivity index (χ3v) is 3.98. The number of hydrogen-bond donors (Lipinski definition) is 6. The van der Waals surface area contributed by atoms with E-state index in [1.165, 1.54) is 0 Å². The Balaban J connectivity index is 0.000000569. The van der Waals surface area contributed by atoms with Crippen LogP contribution in [0.15, 0.2) is 12.2 Å². The van der Waals surface area contributed by atoms with Crippen LogP contribution in [0.4, 0.5) is 0 Å². The molecule has 1 aliphatic rings. The van der Waals surface area contributed by atoms with Gasteiger partial charge in [-0.3, -0.25) is 0 Å². The number of carbonyl (C=O) groups excluding carboxylic acids is 1. The van der Waals surface area contributed by atoms with Gasteiger partial charge < -0.3 is 44.8 Å². The first-order chi connectivity index (χ1) is 12.8. The van der Waals surface area contributed by atoms with Crippen LogP contribution in [-0.2, 0) is 19.0 Å². The molecule has 0 spiro atoms. The van der Waals surface area contributed by atoms with Crippen molar-refractivity contribution in [2.45, 2.75) is 13.0 Å². The van der Waals surface area contributed by atoms with E-state index < -0.39 is 50.5 Å². The highest BCUT2D eigenvalue weighted by molar-refractivity contribution is 5.86. The molecule has 0 aromatic heterocycles. The van der Waals surface area contributed by atoms with E-state index in [-0.39, 0.29) is 25.3 Å². The maximum absolute atomic E-state index is 10.7. The predicted octanol–water partition coefficient (Wildman–Crippen LogP) is -2.57. The van der Waals surface area contributed by atoms with Crippen LogP contribution in [0.3, 0.4) is 0 Å². The Morgan fingerprint density at radius 3 is 1.59 bits per heavy atom. The van der Waals surface area contributed by atoms with Gasteiger partial charge in [-0.15, -0.1) is 0 Å². The van der Waals surface area contributed by atoms with Crippen molar-refractivity contribution in [1.82, 2.24) is 0 Å². The van der Waals surface area contributed by atoms with Gasteiger partial charge in [-0.05, 0) is 6.92 Å². The molecule has 10 nitrogen and oxygen atoms in total. The second-order valence-corrected chi connectivity index (χ2v) is 6.78. The molecule has 0 aliphatic carbocycles. The fraction of sp³-hybridized carbons (Fsp3) is 0.824. The molecule has 0 bridgehead atoms. The summed E-state index contributed by atoms with van der Waals surface area (Å²) >= 11 is 0. The van der Waals surface area contributed by atoms with Gasteiger partial charge in [0.05, 0.1) is 70.3 Å². The largest absolute Gasteiger partial charge is 0.459 e. The van der Waals surface area contributed by atoms with Crippen molar-refractivity contribution in [3.05, 3.63) is 12.2 Å². The van der Waals surface area contributed by atoms with Crippen molar-refractivity contribution >= 4 is 5.97 Å². The maximum atomic E-state index is 10.7. The molecule has 0 aromatic carbocycles. The van der Waals surface area contributed by atoms with Crippen molar-refractivity contribution in [3.8, 4) is 0 Å². The molecule has 1 aliphatic heterocycles. The molecule has 1 rings (SSSR count). The lowest BCUT2D eigenvalue weighted by atomic mass is 9.91. The molecule has 0 saturated carbocycles. The molecule has 1 unspecified atom stereocenters. The van der Waals surface area contributed by atoms with E-state index in [0.29, 0.717) is 18.8 Å². The van der Waals surface area contributed by atoms with E-state index in [1.807, 2.05) is 0 Å². The lowest BCUT2D eigenvalue weighted by molar-refractivity contribution is -0.139. The minimum Gasteiger partial charge on any atom is -0.459 e. The van der Waals surface area contributed by atoms with Crippen LogP contribution in [0.25, 0.3) is 0 Å². The first-order valence-electron chi connectivity index (χ1n) is 8.44. The molecule has 0 aromatic rings. The van der Waals surface area contributed by atoms with Gasteiger partial charge in [-0.1, -0.05) is 6.58 Å². The summed E-state index contributed by atoms with van der Waals surface area (Å²) in [6, 6.07) is 0. The number of aliphatic hydroxyl groups is 6. The highest BCUT2D eigenvalue weighted by Crippen LogP contribution is 2.19. The van der Waals surface area contributed by atoms with E-state index >= 15 is 0 Å². The van der Waals surface area contributed by atoms with E-state index in [2.05, 4.69) is 6.58 Å². The second kappa shape index (κ2) is 13.1. The maximum Gasteiger partial charge on any atom is 0.333 e. The zero-order valence-electron chi connectivity index (χ0n) is 15.7. The molecule has 1 heterocycles. The van der Waals surface area contributed by atoms with E-state index in [1.54, 1.807) is 6.92 Å². The topological polar surface area (TPSA) is 169 Å². The molecule has 10 heteroatoms. The van der Waals surface area contributed by atoms with Crippen molar-refractivity contribution in [1.29, 1.82) is 0 Å². The Labute approximate surface area is 158 Å². The van der Waals surface area contributed by atoms with Crippen LogP contribution in [-0.4, -0.2) is 109 Å². The molecule has 6 N–H and O–H groups in total. The molecule has 0 radical (unpaired) electrons. The first kappa shape index (κ1) is 25.9. The van der Waals surface area contributed by atoms with Crippen molar-refractivity contribution in [2.24, 2.45) is 10.8 Å². The van der Waals surface area contributed by atoms with Crippen LogP contribution in [0, 0.1) is 10.8 Å². The average molecular weight is 396 g/mol. The van der Waals surface area contributed by atoms with Gasteiger partial charge in [0.1, 0.15) is 12.7 Å². The van der Waals surface area contributed by atoms with Crippen LogP contribution in [0.1, 0.15) is 6.92 Å². The number of esters is 1. The quantitative estimate of drug-likeness (QED) is 0.111. The number of carbonyl (C=O) groups is 1. The van der Waals surface area contributed by atoms with Crippen molar-refractivity contribution in [2.75, 3.05) is 66.1 Å². The van der Waals surface area contributed by atoms with Gasteiger partial charge in [-0.2, -0.15) is 0 Å². The van der Waals surface area contributed by atoms with E-state index in [4.69, 9.17) is 44.8 Å². The van der Waals surface area contributed by atoms with Crippen molar-refractivity contribution < 1.29 is 49.6 Å². The Hall–Kier alpha value is -1.11. The molecule has 1 atom stereocenters. The fourth-order valence-corrected chi connectivity index (χ4v) is 1.51. The zero-order chi connectivity index (χ0) is 20.9. The van der Waals surface area contributed by atoms with Crippen molar-refractivity contribution in [3.63, 3.8) is 0 Å². The fourth-order valence-electron chi connectivity index (χ4n) is 1.51. The molecule has 27 heavy (non-hydrogen) atoms. The van der Waals surface area contributed by atoms with Crippen LogP contribution < -0.4 is 0 Å². The highest BCUT2D eigenvalue weighted by atomic mass is 16.6. The third-order valence-electron chi connectivity index (χ3n) is 3.98. The Bertz CT molecular complexity index is 391. The Morgan fingerprint density at radius 1 is 0.963 bits per heavy atom. The van der Waals surface area contributed by atoms with Crippen LogP contribution >= 0.6 is 0 Å². The minimum absolute atomic E-state index is 0.141. The summed E-state index contributed by atoms with van der Waals surface area (Å²) in [6.07, 6.45) is 0.142. The summed E-state index contributed by atoms with van der Waals surface area (Å²) in [5.41, 5.74) is -1.89. The summed E-state index contributed by atoms with van der Waals surface area (Å²) in [7, 11) is 0. The molecule has 160 valence electrons. The van der Waals surface area contributed by atoms with E-state index in [0.717, 1.165) is 0 Å². The number of rotatable bonds is 13. The zero-order valence-corrected chi connectivity index (χ0v) is 15.7. The summed E-state index contributed by atoms with van der Waals surface area (Å²) in [6.45, 7) is 3.13. The summed E-state index contributed by atoms with van der Waals surface area (Å²) in [5, 5.41) is 54.2.